The third kappa shape index (κ3) is 5.13. The largest absolute Gasteiger partial charge is 0.504 e. The van der Waals surface area contributed by atoms with Gasteiger partial charge in [0.25, 0.3) is 5.89 Å². The lowest BCUT2D eigenvalue weighted by molar-refractivity contribution is 0.414. The maximum Gasteiger partial charge on any atom is 0.251 e. The van der Waals surface area contributed by atoms with Gasteiger partial charge in [-0.05, 0) is 23.3 Å². The van der Waals surface area contributed by atoms with E-state index in [0.717, 1.165) is 16.9 Å². The Morgan fingerprint density at radius 3 is 2.62 bits per heavy atom. The van der Waals surface area contributed by atoms with E-state index >= 15 is 0 Å². The molecule has 4 aromatic rings. The summed E-state index contributed by atoms with van der Waals surface area (Å²) in [5.41, 5.74) is 3.89. The van der Waals surface area contributed by atoms with Crippen LogP contribution in [0.1, 0.15) is 11.3 Å². The third-order valence-electron chi connectivity index (χ3n) is 5.14. The summed E-state index contributed by atoms with van der Waals surface area (Å²) in [5.74, 6) is 1.42. The summed E-state index contributed by atoms with van der Waals surface area (Å²) in [6.07, 6.45) is 8.78. The highest BCUT2D eigenvalue weighted by Crippen LogP contribution is 2.38. The van der Waals surface area contributed by atoms with Crippen LogP contribution in [0.2, 0.25) is 0 Å². The van der Waals surface area contributed by atoms with Crippen molar-refractivity contribution in [2.45, 2.75) is 6.54 Å². The Morgan fingerprint density at radius 1 is 1.15 bits per heavy atom. The molecule has 0 saturated heterocycles. The zero-order valence-corrected chi connectivity index (χ0v) is 19.4. The second-order valence-corrected chi connectivity index (χ2v) is 7.73. The molecule has 0 saturated carbocycles. The number of oxazole rings is 1. The summed E-state index contributed by atoms with van der Waals surface area (Å²) >= 11 is 5.63. The zero-order valence-electron chi connectivity index (χ0n) is 18.7. The minimum absolute atomic E-state index is 0.000637. The predicted octanol–water partition coefficient (Wildman–Crippen LogP) is 6.33. The topological polar surface area (TPSA) is 73.3 Å². The number of allylic oxidation sites excluding steroid dienone is 5. The fourth-order valence-electron chi connectivity index (χ4n) is 3.41. The minimum Gasteiger partial charge on any atom is -0.504 e. The summed E-state index contributed by atoms with van der Waals surface area (Å²) in [4.78, 5) is 4.50. The van der Waals surface area contributed by atoms with E-state index in [0.29, 0.717) is 29.4 Å². The van der Waals surface area contributed by atoms with Gasteiger partial charge in [-0.25, -0.2) is 4.98 Å². The van der Waals surface area contributed by atoms with Gasteiger partial charge in [-0.15, -0.1) is 11.6 Å². The Bertz CT molecular complexity index is 1320. The monoisotopic (exact) mass is 473 g/mol. The van der Waals surface area contributed by atoms with Gasteiger partial charge < -0.3 is 14.3 Å². The van der Waals surface area contributed by atoms with Gasteiger partial charge in [-0.1, -0.05) is 73.3 Å². The molecular weight excluding hydrogens is 450 g/mol. The third-order valence-corrected chi connectivity index (χ3v) is 5.31. The molecule has 0 radical (unpaired) electrons. The number of nitrogens with zero attached hydrogens (tertiary/aromatic N) is 3. The number of methoxy groups -OCH3 is 1. The molecule has 6 nitrogen and oxygen atoms in total. The zero-order chi connectivity index (χ0) is 23.9. The Hall–Kier alpha value is -4.03. The maximum atomic E-state index is 11.2. The van der Waals surface area contributed by atoms with E-state index in [4.69, 9.17) is 20.8 Å². The van der Waals surface area contributed by atoms with Crippen molar-refractivity contribution in [3.8, 4) is 34.3 Å². The number of aromatic hydroxyl groups is 1. The standard InChI is InChI=1S/C27H24ClN3O3/c1-19(9-5-4-8-16-28)23-18-34-27(29-23)24-26(32)25(21-10-6-3-7-11-21)31(30-24)17-20-12-14-22(33-2)15-13-20/h3-15,18,32H,1,16-17H2,2H3/b8-4-,9-5-. The van der Waals surface area contributed by atoms with Gasteiger partial charge in [0.2, 0.25) is 0 Å². The molecule has 0 aliphatic carbocycles. The molecular formula is C27H24ClN3O3. The first kappa shape index (κ1) is 23.1. The van der Waals surface area contributed by atoms with Crippen LogP contribution in [0.4, 0.5) is 0 Å². The highest BCUT2D eigenvalue weighted by atomic mass is 35.5. The molecule has 0 atom stereocenters. The smallest absolute Gasteiger partial charge is 0.251 e. The van der Waals surface area contributed by atoms with Crippen molar-refractivity contribution >= 4 is 17.2 Å². The van der Waals surface area contributed by atoms with Gasteiger partial charge in [0.05, 0.1) is 13.7 Å². The first-order valence-corrected chi connectivity index (χ1v) is 11.2. The summed E-state index contributed by atoms with van der Waals surface area (Å²) in [7, 11) is 1.63. The molecule has 4 rings (SSSR count). The molecule has 2 aromatic carbocycles. The number of hydrogen-bond acceptors (Lipinski definition) is 5. The minimum atomic E-state index is -0.000637. The fourth-order valence-corrected chi connectivity index (χ4v) is 3.52. The van der Waals surface area contributed by atoms with Crippen molar-refractivity contribution in [1.29, 1.82) is 0 Å². The van der Waals surface area contributed by atoms with E-state index in [9.17, 15) is 5.11 Å². The van der Waals surface area contributed by atoms with Crippen LogP contribution in [0.5, 0.6) is 11.5 Å². The van der Waals surface area contributed by atoms with Gasteiger partial charge in [0, 0.05) is 11.4 Å². The predicted molar refractivity (Wildman–Crippen MR) is 135 cm³/mol. The summed E-state index contributed by atoms with van der Waals surface area (Å²) in [5, 5.41) is 15.8. The van der Waals surface area contributed by atoms with Gasteiger partial charge in [0.15, 0.2) is 11.4 Å². The summed E-state index contributed by atoms with van der Waals surface area (Å²) in [6.45, 7) is 4.46. The van der Waals surface area contributed by atoms with E-state index in [1.807, 2.05) is 78.9 Å². The maximum absolute atomic E-state index is 11.2. The van der Waals surface area contributed by atoms with Crippen LogP contribution in [-0.4, -0.2) is 32.9 Å². The molecule has 172 valence electrons. The SMILES string of the molecule is C=C(/C=C\C=C/CCl)c1coc(-c2nn(Cc3ccc(OC)cc3)c(-c3ccccc3)c2O)n1. The van der Waals surface area contributed by atoms with Gasteiger partial charge in [-0.3, -0.25) is 4.68 Å². The van der Waals surface area contributed by atoms with Crippen LogP contribution in [0, 0.1) is 0 Å². The van der Waals surface area contributed by atoms with Crippen LogP contribution in [0.25, 0.3) is 28.4 Å². The van der Waals surface area contributed by atoms with E-state index in [1.165, 1.54) is 6.26 Å². The van der Waals surface area contributed by atoms with Crippen LogP contribution < -0.4 is 4.74 Å². The van der Waals surface area contributed by atoms with E-state index in [1.54, 1.807) is 11.8 Å². The van der Waals surface area contributed by atoms with Crippen molar-refractivity contribution in [3.05, 3.63) is 103 Å². The quantitative estimate of drug-likeness (QED) is 0.227. The molecule has 0 fully saturated rings. The number of halogens is 1. The average Bonchev–Trinajstić information content (AvgIpc) is 3.47. The number of aromatic nitrogens is 3. The molecule has 0 amide bonds. The Kier molecular flexibility index (Phi) is 7.30. The molecule has 34 heavy (non-hydrogen) atoms. The lowest BCUT2D eigenvalue weighted by Crippen LogP contribution is -2.04. The molecule has 0 aliphatic heterocycles. The normalized spacial score (nSPS) is 11.5. The molecule has 2 heterocycles. The molecule has 2 aromatic heterocycles. The number of benzene rings is 2. The fraction of sp³-hybridized carbons (Fsp3) is 0.111. The molecule has 0 spiro atoms. The van der Waals surface area contributed by atoms with Gasteiger partial charge in [-0.2, -0.15) is 5.10 Å². The first-order chi connectivity index (χ1) is 16.6. The molecule has 0 aliphatic rings. The van der Waals surface area contributed by atoms with E-state index in [2.05, 4.69) is 16.7 Å². The summed E-state index contributed by atoms with van der Waals surface area (Å²) < 4.78 is 12.7. The summed E-state index contributed by atoms with van der Waals surface area (Å²) in [6, 6.07) is 17.3. The highest BCUT2D eigenvalue weighted by Gasteiger charge is 2.23. The second kappa shape index (κ2) is 10.7. The highest BCUT2D eigenvalue weighted by molar-refractivity contribution is 6.18. The van der Waals surface area contributed by atoms with Gasteiger partial charge in [0.1, 0.15) is 23.4 Å². The van der Waals surface area contributed by atoms with Gasteiger partial charge >= 0.3 is 0 Å². The van der Waals surface area contributed by atoms with Crippen molar-refractivity contribution < 1.29 is 14.3 Å². The van der Waals surface area contributed by atoms with Crippen LogP contribution in [-0.2, 0) is 6.54 Å². The number of ether oxygens (including phenoxy) is 1. The molecule has 0 bridgehead atoms. The Balaban J connectivity index is 1.70. The second-order valence-electron chi connectivity index (χ2n) is 7.42. The van der Waals surface area contributed by atoms with Crippen LogP contribution in [0.15, 0.2) is 96.2 Å². The van der Waals surface area contributed by atoms with Crippen molar-refractivity contribution in [2.75, 3.05) is 13.0 Å². The van der Waals surface area contributed by atoms with Crippen molar-refractivity contribution in [2.24, 2.45) is 0 Å². The number of alkyl halides is 1. The number of rotatable bonds is 9. The molecule has 0 unspecified atom stereocenters. The van der Waals surface area contributed by atoms with E-state index in [-0.39, 0.29) is 17.3 Å². The molecule has 1 N–H and O–H groups in total. The Labute approximate surface area is 203 Å². The lowest BCUT2D eigenvalue weighted by Gasteiger charge is -2.09. The number of hydrogen-bond donors (Lipinski definition) is 1. The average molecular weight is 474 g/mol. The van der Waals surface area contributed by atoms with Crippen molar-refractivity contribution in [3.63, 3.8) is 0 Å². The van der Waals surface area contributed by atoms with Crippen molar-refractivity contribution in [1.82, 2.24) is 14.8 Å². The lowest BCUT2D eigenvalue weighted by atomic mass is 10.1. The molecule has 7 heteroatoms. The van der Waals surface area contributed by atoms with E-state index < -0.39 is 0 Å². The Morgan fingerprint density at radius 2 is 1.91 bits per heavy atom. The van der Waals surface area contributed by atoms with Crippen LogP contribution in [0.3, 0.4) is 0 Å². The first-order valence-electron chi connectivity index (χ1n) is 10.6. The van der Waals surface area contributed by atoms with Crippen LogP contribution >= 0.6 is 11.6 Å².